The van der Waals surface area contributed by atoms with E-state index in [1.54, 1.807) is 7.11 Å². The number of carbonyl (C=O) groups excluding carboxylic acids is 1. The van der Waals surface area contributed by atoms with Crippen molar-refractivity contribution in [1.82, 2.24) is 10.2 Å². The fraction of sp³-hybridized carbons (Fsp3) is 0.562. The predicted octanol–water partition coefficient (Wildman–Crippen LogP) is 0.498. The van der Waals surface area contributed by atoms with E-state index >= 15 is 0 Å². The van der Waals surface area contributed by atoms with Gasteiger partial charge in [-0.1, -0.05) is 30.3 Å². The first-order chi connectivity index (χ1) is 10.2. The number of benzene rings is 1. The topological polar surface area (TPSA) is 67.6 Å². The average molecular weight is 293 g/mol. The third-order valence-corrected chi connectivity index (χ3v) is 3.45. The lowest BCUT2D eigenvalue weighted by atomic mass is 9.98. The molecule has 1 aromatic rings. The molecule has 0 saturated carbocycles. The van der Waals surface area contributed by atoms with E-state index in [-0.39, 0.29) is 11.8 Å². The van der Waals surface area contributed by atoms with Crippen LogP contribution in [0.4, 0.5) is 0 Å². The van der Waals surface area contributed by atoms with Crippen molar-refractivity contribution in [3.63, 3.8) is 0 Å². The standard InChI is InChI=1S/C16H27N3O2/c1-19(10-11-21-2)9-8-18-16(20)15(13-17)12-14-6-4-3-5-7-14/h3-7,15H,8-13,17H2,1-2H3,(H,18,20). The van der Waals surface area contributed by atoms with Crippen molar-refractivity contribution < 1.29 is 9.53 Å². The Hall–Kier alpha value is -1.43. The maximum Gasteiger partial charge on any atom is 0.224 e. The summed E-state index contributed by atoms with van der Waals surface area (Å²) in [6, 6.07) is 9.97. The summed E-state index contributed by atoms with van der Waals surface area (Å²) >= 11 is 0. The summed E-state index contributed by atoms with van der Waals surface area (Å²) in [6.45, 7) is 3.35. The number of rotatable bonds is 10. The van der Waals surface area contributed by atoms with E-state index in [0.29, 0.717) is 26.1 Å². The van der Waals surface area contributed by atoms with E-state index < -0.39 is 0 Å². The van der Waals surface area contributed by atoms with Crippen LogP contribution in [0.2, 0.25) is 0 Å². The second-order valence-electron chi connectivity index (χ2n) is 5.21. The second kappa shape index (κ2) is 10.3. The van der Waals surface area contributed by atoms with Gasteiger partial charge in [-0.05, 0) is 19.0 Å². The Balaban J connectivity index is 2.31. The first-order valence-electron chi connectivity index (χ1n) is 7.36. The zero-order valence-electron chi connectivity index (χ0n) is 13.0. The Morgan fingerprint density at radius 2 is 2.05 bits per heavy atom. The summed E-state index contributed by atoms with van der Waals surface area (Å²) in [7, 11) is 3.70. The monoisotopic (exact) mass is 293 g/mol. The number of nitrogens with two attached hydrogens (primary N) is 1. The molecule has 0 heterocycles. The van der Waals surface area contributed by atoms with Crippen LogP contribution in [0.1, 0.15) is 5.56 Å². The van der Waals surface area contributed by atoms with Gasteiger partial charge in [0.1, 0.15) is 0 Å². The van der Waals surface area contributed by atoms with Gasteiger partial charge in [-0.15, -0.1) is 0 Å². The molecular formula is C16H27N3O2. The molecular weight excluding hydrogens is 266 g/mol. The Labute approximate surface area is 127 Å². The Kier molecular flexibility index (Phi) is 8.66. The fourth-order valence-corrected chi connectivity index (χ4v) is 2.05. The highest BCUT2D eigenvalue weighted by Crippen LogP contribution is 2.07. The predicted molar refractivity (Wildman–Crippen MR) is 85.1 cm³/mol. The minimum Gasteiger partial charge on any atom is -0.383 e. The summed E-state index contributed by atoms with van der Waals surface area (Å²) < 4.78 is 5.02. The number of methoxy groups -OCH3 is 1. The SMILES string of the molecule is COCCN(C)CCNC(=O)C(CN)Cc1ccccc1. The first kappa shape index (κ1) is 17.6. The van der Waals surface area contributed by atoms with Gasteiger partial charge < -0.3 is 20.7 Å². The van der Waals surface area contributed by atoms with Gasteiger partial charge in [-0.3, -0.25) is 4.79 Å². The minimum atomic E-state index is -0.170. The lowest BCUT2D eigenvalue weighted by molar-refractivity contribution is -0.124. The van der Waals surface area contributed by atoms with Crippen LogP contribution in [0, 0.1) is 5.92 Å². The summed E-state index contributed by atoms with van der Waals surface area (Å²) in [5, 5.41) is 2.96. The molecule has 0 aromatic heterocycles. The molecule has 118 valence electrons. The van der Waals surface area contributed by atoms with Crippen molar-refractivity contribution in [3.8, 4) is 0 Å². The van der Waals surface area contributed by atoms with Gasteiger partial charge in [-0.25, -0.2) is 0 Å². The summed E-state index contributed by atoms with van der Waals surface area (Å²) in [6.07, 6.45) is 0.683. The lowest BCUT2D eigenvalue weighted by Gasteiger charge is -2.18. The van der Waals surface area contributed by atoms with E-state index in [1.165, 1.54) is 0 Å². The molecule has 0 spiro atoms. The van der Waals surface area contributed by atoms with Crippen molar-refractivity contribution in [1.29, 1.82) is 0 Å². The molecule has 1 rings (SSSR count). The van der Waals surface area contributed by atoms with Crippen LogP contribution < -0.4 is 11.1 Å². The van der Waals surface area contributed by atoms with Crippen LogP contribution >= 0.6 is 0 Å². The highest BCUT2D eigenvalue weighted by Gasteiger charge is 2.16. The van der Waals surface area contributed by atoms with Gasteiger partial charge >= 0.3 is 0 Å². The summed E-state index contributed by atoms with van der Waals surface area (Å²) in [5.74, 6) is -0.141. The zero-order chi connectivity index (χ0) is 15.5. The molecule has 1 atom stereocenters. The molecule has 0 aliphatic rings. The number of amides is 1. The quantitative estimate of drug-likeness (QED) is 0.659. The van der Waals surface area contributed by atoms with Crippen LogP contribution in [0.15, 0.2) is 30.3 Å². The number of likely N-dealkylation sites (N-methyl/N-ethyl adjacent to an activating group) is 1. The molecule has 1 aromatic carbocycles. The molecule has 5 nitrogen and oxygen atoms in total. The largest absolute Gasteiger partial charge is 0.383 e. The smallest absolute Gasteiger partial charge is 0.224 e. The summed E-state index contributed by atoms with van der Waals surface area (Å²) in [4.78, 5) is 14.3. The van der Waals surface area contributed by atoms with Gasteiger partial charge in [0.25, 0.3) is 0 Å². The fourth-order valence-electron chi connectivity index (χ4n) is 2.05. The molecule has 0 fully saturated rings. The number of hydrogen-bond acceptors (Lipinski definition) is 4. The first-order valence-corrected chi connectivity index (χ1v) is 7.36. The molecule has 3 N–H and O–H groups in total. The zero-order valence-corrected chi connectivity index (χ0v) is 13.0. The van der Waals surface area contributed by atoms with Crippen LogP contribution in [-0.4, -0.2) is 57.8 Å². The maximum atomic E-state index is 12.1. The molecule has 0 aliphatic heterocycles. The van der Waals surface area contributed by atoms with Crippen molar-refractivity contribution in [2.75, 3.05) is 46.9 Å². The molecule has 1 unspecified atom stereocenters. The Morgan fingerprint density at radius 3 is 2.67 bits per heavy atom. The van der Waals surface area contributed by atoms with Crippen LogP contribution in [0.3, 0.4) is 0 Å². The van der Waals surface area contributed by atoms with E-state index in [2.05, 4.69) is 10.2 Å². The Morgan fingerprint density at radius 1 is 1.33 bits per heavy atom. The minimum absolute atomic E-state index is 0.0292. The van der Waals surface area contributed by atoms with Crippen molar-refractivity contribution in [2.24, 2.45) is 11.7 Å². The molecule has 0 bridgehead atoms. The van der Waals surface area contributed by atoms with Gasteiger partial charge in [-0.2, -0.15) is 0 Å². The number of nitrogens with one attached hydrogen (secondary N) is 1. The van der Waals surface area contributed by atoms with Gasteiger partial charge in [0.15, 0.2) is 0 Å². The lowest BCUT2D eigenvalue weighted by Crippen LogP contribution is -2.40. The third-order valence-electron chi connectivity index (χ3n) is 3.45. The number of ether oxygens (including phenoxy) is 1. The molecule has 0 aliphatic carbocycles. The maximum absolute atomic E-state index is 12.1. The van der Waals surface area contributed by atoms with Crippen LogP contribution in [0.5, 0.6) is 0 Å². The normalized spacial score (nSPS) is 12.4. The van der Waals surface area contributed by atoms with Gasteiger partial charge in [0.2, 0.25) is 5.91 Å². The molecule has 21 heavy (non-hydrogen) atoms. The Bertz CT molecular complexity index is 398. The third kappa shape index (κ3) is 7.22. The second-order valence-corrected chi connectivity index (χ2v) is 5.21. The van der Waals surface area contributed by atoms with Crippen LogP contribution in [0.25, 0.3) is 0 Å². The van der Waals surface area contributed by atoms with E-state index in [0.717, 1.165) is 18.7 Å². The average Bonchev–Trinajstić information content (AvgIpc) is 2.51. The van der Waals surface area contributed by atoms with E-state index in [4.69, 9.17) is 10.5 Å². The highest BCUT2D eigenvalue weighted by molar-refractivity contribution is 5.79. The molecule has 0 saturated heterocycles. The van der Waals surface area contributed by atoms with Crippen molar-refractivity contribution in [3.05, 3.63) is 35.9 Å². The van der Waals surface area contributed by atoms with E-state index in [9.17, 15) is 4.79 Å². The highest BCUT2D eigenvalue weighted by atomic mass is 16.5. The number of nitrogens with zero attached hydrogens (tertiary/aromatic N) is 1. The summed E-state index contributed by atoms with van der Waals surface area (Å²) in [5.41, 5.74) is 6.87. The molecule has 5 heteroatoms. The number of hydrogen-bond donors (Lipinski definition) is 2. The molecule has 1 amide bonds. The van der Waals surface area contributed by atoms with Crippen molar-refractivity contribution in [2.45, 2.75) is 6.42 Å². The van der Waals surface area contributed by atoms with Gasteiger partial charge in [0, 0.05) is 33.3 Å². The van der Waals surface area contributed by atoms with Crippen LogP contribution in [-0.2, 0) is 16.0 Å². The van der Waals surface area contributed by atoms with Gasteiger partial charge in [0.05, 0.1) is 12.5 Å². The molecule has 0 radical (unpaired) electrons. The van der Waals surface area contributed by atoms with Crippen molar-refractivity contribution >= 4 is 5.91 Å². The van der Waals surface area contributed by atoms with E-state index in [1.807, 2.05) is 37.4 Å². The number of carbonyl (C=O) groups is 1.